The van der Waals surface area contributed by atoms with Crippen LogP contribution in [0.15, 0.2) is 18.2 Å². The van der Waals surface area contributed by atoms with Crippen molar-refractivity contribution in [1.29, 1.82) is 0 Å². The maximum atomic E-state index is 13.2. The molecule has 0 aliphatic carbocycles. The Balaban J connectivity index is 2.70. The predicted octanol–water partition coefficient (Wildman–Crippen LogP) is 3.82. The maximum absolute atomic E-state index is 13.2. The Morgan fingerprint density at radius 2 is 2.00 bits per heavy atom. The van der Waals surface area contributed by atoms with Crippen LogP contribution >= 0.6 is 11.6 Å². The largest absolute Gasteiger partial charge is 0.393 e. The molecule has 0 spiro atoms. The minimum Gasteiger partial charge on any atom is -0.393 e. The monoisotopic (exact) mass is 244 g/mol. The Bertz CT molecular complexity index is 357. The van der Waals surface area contributed by atoms with E-state index in [1.54, 1.807) is 12.1 Å². The smallest absolute Gasteiger partial charge is 0.142 e. The lowest BCUT2D eigenvalue weighted by Gasteiger charge is -2.22. The van der Waals surface area contributed by atoms with Crippen molar-refractivity contribution < 1.29 is 9.50 Å². The molecule has 0 heterocycles. The number of hydrogen-bond donors (Lipinski definition) is 1. The second kappa shape index (κ2) is 5.15. The zero-order valence-electron chi connectivity index (χ0n) is 9.93. The van der Waals surface area contributed by atoms with E-state index in [2.05, 4.69) is 20.8 Å². The zero-order chi connectivity index (χ0) is 12.3. The van der Waals surface area contributed by atoms with Crippen molar-refractivity contribution in [2.75, 3.05) is 0 Å². The third kappa shape index (κ3) is 4.11. The third-order valence-electron chi connectivity index (χ3n) is 2.34. The lowest BCUT2D eigenvalue weighted by atomic mass is 9.87. The summed E-state index contributed by atoms with van der Waals surface area (Å²) in [5, 5.41) is 9.99. The van der Waals surface area contributed by atoms with E-state index in [9.17, 15) is 9.50 Å². The number of rotatable bonds is 3. The van der Waals surface area contributed by atoms with Crippen LogP contribution in [0.2, 0.25) is 5.02 Å². The predicted molar refractivity (Wildman–Crippen MR) is 65.2 cm³/mol. The minimum atomic E-state index is -0.487. The number of halogens is 2. The van der Waals surface area contributed by atoms with Gasteiger partial charge < -0.3 is 5.11 Å². The van der Waals surface area contributed by atoms with Gasteiger partial charge >= 0.3 is 0 Å². The number of aliphatic hydroxyl groups is 1. The fourth-order valence-electron chi connectivity index (χ4n) is 1.74. The summed E-state index contributed by atoms with van der Waals surface area (Å²) in [6.07, 6.45) is 0.576. The zero-order valence-corrected chi connectivity index (χ0v) is 10.7. The molecule has 16 heavy (non-hydrogen) atoms. The molecule has 3 heteroatoms. The molecule has 0 saturated heterocycles. The van der Waals surface area contributed by atoms with Gasteiger partial charge in [0.25, 0.3) is 0 Å². The van der Waals surface area contributed by atoms with Gasteiger partial charge in [0.05, 0.1) is 11.1 Å². The molecule has 0 bridgehead atoms. The Morgan fingerprint density at radius 3 is 2.56 bits per heavy atom. The maximum Gasteiger partial charge on any atom is 0.142 e. The van der Waals surface area contributed by atoms with Gasteiger partial charge in [0, 0.05) is 0 Å². The van der Waals surface area contributed by atoms with E-state index in [0.717, 1.165) is 0 Å². The molecule has 0 aliphatic rings. The van der Waals surface area contributed by atoms with Crippen LogP contribution in [0, 0.1) is 11.2 Å². The van der Waals surface area contributed by atoms with Gasteiger partial charge in [-0.15, -0.1) is 0 Å². The Hall–Kier alpha value is -0.600. The van der Waals surface area contributed by atoms with E-state index in [4.69, 9.17) is 11.6 Å². The van der Waals surface area contributed by atoms with Gasteiger partial charge in [-0.1, -0.05) is 44.5 Å². The molecule has 1 nitrogen and oxygen atoms in total. The second-order valence-electron chi connectivity index (χ2n) is 5.34. The normalized spacial score (nSPS) is 13.9. The summed E-state index contributed by atoms with van der Waals surface area (Å²) in [6, 6.07) is 4.68. The van der Waals surface area contributed by atoms with Gasteiger partial charge in [-0.05, 0) is 29.9 Å². The van der Waals surface area contributed by atoms with Crippen LogP contribution in [0.5, 0.6) is 0 Å². The summed E-state index contributed by atoms with van der Waals surface area (Å²) in [5.74, 6) is -0.429. The highest BCUT2D eigenvalue weighted by Gasteiger charge is 2.18. The molecule has 0 aliphatic heterocycles. The average molecular weight is 245 g/mol. The fraction of sp³-hybridized carbons (Fsp3) is 0.538. The summed E-state index contributed by atoms with van der Waals surface area (Å²) in [4.78, 5) is 0. The molecule has 0 radical (unpaired) electrons. The number of aliphatic hydroxyl groups excluding tert-OH is 1. The molecule has 0 aromatic heterocycles. The Labute approximate surface area is 101 Å². The van der Waals surface area contributed by atoms with Crippen molar-refractivity contribution >= 4 is 11.6 Å². The third-order valence-corrected chi connectivity index (χ3v) is 2.76. The number of benzene rings is 1. The van der Waals surface area contributed by atoms with Crippen LogP contribution in [0.3, 0.4) is 0 Å². The van der Waals surface area contributed by atoms with Crippen LogP contribution in [-0.2, 0) is 6.42 Å². The van der Waals surface area contributed by atoms with E-state index >= 15 is 0 Å². The highest BCUT2D eigenvalue weighted by molar-refractivity contribution is 6.31. The van der Waals surface area contributed by atoms with E-state index < -0.39 is 11.9 Å². The number of hydrogen-bond acceptors (Lipinski definition) is 1. The van der Waals surface area contributed by atoms with E-state index in [0.29, 0.717) is 18.4 Å². The molecule has 1 unspecified atom stereocenters. The van der Waals surface area contributed by atoms with E-state index in [1.807, 2.05) is 0 Å². The van der Waals surface area contributed by atoms with Gasteiger partial charge in [-0.25, -0.2) is 4.39 Å². The Kier molecular flexibility index (Phi) is 4.34. The lowest BCUT2D eigenvalue weighted by molar-refractivity contribution is 0.121. The highest BCUT2D eigenvalue weighted by atomic mass is 35.5. The standard InChI is InChI=1S/C13H18ClFO/c1-13(2,3)8-10(16)7-9-5-4-6-11(15)12(9)14/h4-6,10,16H,7-8H2,1-3H3. The Morgan fingerprint density at radius 1 is 1.38 bits per heavy atom. The highest BCUT2D eigenvalue weighted by Crippen LogP contribution is 2.25. The molecule has 1 aromatic rings. The fourth-order valence-corrected chi connectivity index (χ4v) is 1.94. The van der Waals surface area contributed by atoms with Gasteiger partial charge in [-0.3, -0.25) is 0 Å². The van der Waals surface area contributed by atoms with Crippen LogP contribution in [0.1, 0.15) is 32.8 Å². The minimum absolute atomic E-state index is 0.0548. The van der Waals surface area contributed by atoms with Crippen molar-refractivity contribution in [3.05, 3.63) is 34.6 Å². The molecule has 1 N–H and O–H groups in total. The topological polar surface area (TPSA) is 20.2 Å². The van der Waals surface area contributed by atoms with Gasteiger partial charge in [-0.2, -0.15) is 0 Å². The van der Waals surface area contributed by atoms with Crippen molar-refractivity contribution in [3.63, 3.8) is 0 Å². The second-order valence-corrected chi connectivity index (χ2v) is 5.71. The summed E-state index contributed by atoms with van der Waals surface area (Å²) in [5.41, 5.74) is 0.720. The van der Waals surface area contributed by atoms with Crippen LogP contribution in [0.4, 0.5) is 4.39 Å². The first-order valence-corrected chi connectivity index (χ1v) is 5.78. The van der Waals surface area contributed by atoms with Crippen LogP contribution in [0.25, 0.3) is 0 Å². The molecular formula is C13H18ClFO. The van der Waals surface area contributed by atoms with Crippen molar-refractivity contribution in [1.82, 2.24) is 0 Å². The molecular weight excluding hydrogens is 227 g/mol. The molecule has 1 atom stereocenters. The SMILES string of the molecule is CC(C)(C)CC(O)Cc1cccc(F)c1Cl. The first kappa shape index (κ1) is 13.5. The van der Waals surface area contributed by atoms with Crippen LogP contribution in [-0.4, -0.2) is 11.2 Å². The molecule has 0 fully saturated rings. The van der Waals surface area contributed by atoms with Gasteiger partial charge in [0.15, 0.2) is 0 Å². The molecule has 1 aromatic carbocycles. The quantitative estimate of drug-likeness (QED) is 0.857. The average Bonchev–Trinajstić information content (AvgIpc) is 2.09. The van der Waals surface area contributed by atoms with Crippen molar-refractivity contribution in [3.8, 4) is 0 Å². The lowest BCUT2D eigenvalue weighted by Crippen LogP contribution is -2.19. The first-order chi connectivity index (χ1) is 7.29. The van der Waals surface area contributed by atoms with Gasteiger partial charge in [0.2, 0.25) is 0 Å². The summed E-state index contributed by atoms with van der Waals surface area (Å²) < 4.78 is 13.2. The summed E-state index contributed by atoms with van der Waals surface area (Å²) in [6.45, 7) is 6.18. The van der Waals surface area contributed by atoms with E-state index in [1.165, 1.54) is 6.07 Å². The molecule has 1 rings (SSSR count). The molecule has 90 valence electrons. The molecule has 0 saturated carbocycles. The van der Waals surface area contributed by atoms with E-state index in [-0.39, 0.29) is 10.4 Å². The summed E-state index contributed by atoms with van der Waals surface area (Å²) >= 11 is 5.82. The van der Waals surface area contributed by atoms with Crippen molar-refractivity contribution in [2.45, 2.75) is 39.7 Å². The van der Waals surface area contributed by atoms with Crippen LogP contribution < -0.4 is 0 Å². The molecule has 0 amide bonds. The van der Waals surface area contributed by atoms with Gasteiger partial charge in [0.1, 0.15) is 5.82 Å². The summed E-state index contributed by atoms with van der Waals surface area (Å²) in [7, 11) is 0. The van der Waals surface area contributed by atoms with Crippen molar-refractivity contribution in [2.24, 2.45) is 5.41 Å². The first-order valence-electron chi connectivity index (χ1n) is 5.40.